The maximum absolute atomic E-state index is 14.4. The molecule has 3 amide bonds. The van der Waals surface area contributed by atoms with E-state index in [0.29, 0.717) is 25.9 Å². The van der Waals surface area contributed by atoms with Crippen LogP contribution >= 0.6 is 11.8 Å². The van der Waals surface area contributed by atoms with Gasteiger partial charge in [-0.25, -0.2) is 0 Å². The van der Waals surface area contributed by atoms with Crippen LogP contribution in [0.2, 0.25) is 0 Å². The highest BCUT2D eigenvalue weighted by Gasteiger charge is 2.78. The number of benzene rings is 1. The summed E-state index contributed by atoms with van der Waals surface area (Å²) in [5.41, 5.74) is 0.761. The maximum Gasteiger partial charge on any atom is 0.247 e. The van der Waals surface area contributed by atoms with E-state index in [-0.39, 0.29) is 30.4 Å². The van der Waals surface area contributed by atoms with Gasteiger partial charge in [0.25, 0.3) is 0 Å². The van der Waals surface area contributed by atoms with Crippen LogP contribution in [-0.4, -0.2) is 79.9 Å². The van der Waals surface area contributed by atoms with Gasteiger partial charge in [0.05, 0.1) is 29.2 Å². The molecule has 3 aliphatic heterocycles. The minimum Gasteiger partial charge on any atom is -0.394 e. The van der Waals surface area contributed by atoms with Crippen LogP contribution in [0.25, 0.3) is 0 Å². The molecule has 3 saturated heterocycles. The third kappa shape index (κ3) is 4.30. The number of thioether (sulfide) groups is 1. The molecule has 0 aliphatic carbocycles. The van der Waals surface area contributed by atoms with Crippen LogP contribution in [0.1, 0.15) is 47.0 Å². The zero-order valence-electron chi connectivity index (χ0n) is 23.0. The van der Waals surface area contributed by atoms with Gasteiger partial charge in [-0.3, -0.25) is 14.4 Å². The van der Waals surface area contributed by atoms with E-state index < -0.39 is 33.4 Å². The second-order valence-electron chi connectivity index (χ2n) is 11.2. The average molecular weight is 540 g/mol. The summed E-state index contributed by atoms with van der Waals surface area (Å²) in [6, 6.07) is 8.16. The summed E-state index contributed by atoms with van der Waals surface area (Å²) in [6.07, 6.45) is 5.34. The number of aliphatic hydroxyl groups excluding tert-OH is 1. The van der Waals surface area contributed by atoms with Gasteiger partial charge >= 0.3 is 0 Å². The average Bonchev–Trinajstić information content (AvgIpc) is 3.47. The van der Waals surface area contributed by atoms with Gasteiger partial charge in [-0.05, 0) is 52.2 Å². The Morgan fingerprint density at radius 3 is 2.37 bits per heavy atom. The summed E-state index contributed by atoms with van der Waals surface area (Å²) in [7, 11) is 0. The van der Waals surface area contributed by atoms with Gasteiger partial charge in [0.2, 0.25) is 17.7 Å². The quantitative estimate of drug-likeness (QED) is 0.432. The number of anilines is 1. The fourth-order valence-corrected chi connectivity index (χ4v) is 9.24. The molecule has 0 saturated carbocycles. The Morgan fingerprint density at radius 1 is 1.16 bits per heavy atom. The zero-order chi connectivity index (χ0) is 27.8. The lowest BCUT2D eigenvalue weighted by Crippen LogP contribution is -2.58. The van der Waals surface area contributed by atoms with Crippen molar-refractivity contribution >= 4 is 35.2 Å². The minimum absolute atomic E-state index is 0.0834. The molecule has 6 atom stereocenters. The molecule has 1 aromatic rings. The van der Waals surface area contributed by atoms with Crippen molar-refractivity contribution in [3.63, 3.8) is 0 Å². The lowest BCUT2D eigenvalue weighted by atomic mass is 9.66. The normalized spacial score (nSPS) is 30.3. The Bertz CT molecular complexity index is 1090. The van der Waals surface area contributed by atoms with Crippen molar-refractivity contribution in [3.8, 4) is 0 Å². The van der Waals surface area contributed by atoms with Crippen molar-refractivity contribution in [1.82, 2.24) is 9.80 Å². The standard InChI is InChI=1S/C30H41N3O4S/c1-7-17-31(20(4)5)28(37)25-30-16-15-29(6,38-30)23(24(30)27(36)33(25)21(9-3)19-34)26(35)32(18-8-2)22-13-11-10-12-14-22/h7-8,10-14,20-21,23-25,34H,1-2,9,15-19H2,3-6H3/t21-,23+,24-,25?,29-,30?/m0/s1. The Morgan fingerprint density at radius 2 is 1.82 bits per heavy atom. The molecule has 8 heteroatoms. The molecule has 1 aromatic carbocycles. The molecule has 1 N–H and O–H groups in total. The molecule has 3 fully saturated rings. The van der Waals surface area contributed by atoms with Crippen LogP contribution in [0.4, 0.5) is 5.69 Å². The lowest BCUT2D eigenvalue weighted by Gasteiger charge is -2.40. The molecular weight excluding hydrogens is 498 g/mol. The zero-order valence-corrected chi connectivity index (χ0v) is 23.8. The molecule has 0 aromatic heterocycles. The maximum atomic E-state index is 14.4. The lowest BCUT2D eigenvalue weighted by molar-refractivity contribution is -0.146. The summed E-state index contributed by atoms with van der Waals surface area (Å²) in [6.45, 7) is 16.1. The molecule has 1 spiro atoms. The van der Waals surface area contributed by atoms with Crippen LogP contribution in [-0.2, 0) is 14.4 Å². The first-order valence-corrected chi connectivity index (χ1v) is 14.4. The third-order valence-corrected chi connectivity index (χ3v) is 10.7. The smallest absolute Gasteiger partial charge is 0.247 e. The SMILES string of the molecule is C=CCN(C(=O)[C@H]1[C@H]2C(=O)N([C@@H](CC)CO)C(C(=O)N(CC=C)C(C)C)C23CC[C@]1(C)S3)c1ccccc1. The summed E-state index contributed by atoms with van der Waals surface area (Å²) in [4.78, 5) is 48.2. The van der Waals surface area contributed by atoms with Crippen LogP contribution in [0.5, 0.6) is 0 Å². The number of para-hydroxylation sites is 1. The first-order valence-electron chi connectivity index (χ1n) is 13.6. The first kappa shape index (κ1) is 28.4. The van der Waals surface area contributed by atoms with Crippen LogP contribution in [0, 0.1) is 11.8 Å². The molecule has 2 unspecified atom stereocenters. The van der Waals surface area contributed by atoms with Crippen molar-refractivity contribution in [2.75, 3.05) is 24.6 Å². The van der Waals surface area contributed by atoms with E-state index >= 15 is 0 Å². The van der Waals surface area contributed by atoms with Crippen molar-refractivity contribution in [3.05, 3.63) is 55.6 Å². The second-order valence-corrected chi connectivity index (χ2v) is 13.1. The van der Waals surface area contributed by atoms with Crippen LogP contribution < -0.4 is 4.90 Å². The highest BCUT2D eigenvalue weighted by Crippen LogP contribution is 2.72. The van der Waals surface area contributed by atoms with Gasteiger partial charge in [-0.1, -0.05) is 37.3 Å². The highest BCUT2D eigenvalue weighted by molar-refractivity contribution is 8.02. The van der Waals surface area contributed by atoms with E-state index in [1.807, 2.05) is 51.1 Å². The molecule has 2 bridgehead atoms. The number of hydrogen-bond donors (Lipinski definition) is 1. The van der Waals surface area contributed by atoms with Gasteiger partial charge in [0, 0.05) is 29.6 Å². The van der Waals surface area contributed by atoms with Crippen LogP contribution in [0.3, 0.4) is 0 Å². The number of fused-ring (bicyclic) bond motifs is 1. The molecule has 3 aliphatic rings. The molecule has 38 heavy (non-hydrogen) atoms. The van der Waals surface area contributed by atoms with E-state index in [0.717, 1.165) is 12.1 Å². The summed E-state index contributed by atoms with van der Waals surface area (Å²) < 4.78 is -1.20. The topological polar surface area (TPSA) is 81.2 Å². The number of carbonyl (C=O) groups is 3. The van der Waals surface area contributed by atoms with E-state index in [2.05, 4.69) is 20.1 Å². The van der Waals surface area contributed by atoms with E-state index in [4.69, 9.17) is 0 Å². The predicted octanol–water partition coefficient (Wildman–Crippen LogP) is 3.88. The highest BCUT2D eigenvalue weighted by atomic mass is 32.2. The Labute approximate surface area is 230 Å². The fraction of sp³-hybridized carbons (Fsp3) is 0.567. The molecule has 4 rings (SSSR count). The second kappa shape index (κ2) is 10.9. The van der Waals surface area contributed by atoms with Gasteiger partial charge in [0.15, 0.2) is 0 Å². The van der Waals surface area contributed by atoms with E-state index in [1.165, 1.54) is 0 Å². The number of nitrogens with zero attached hydrogens (tertiary/aromatic N) is 3. The van der Waals surface area contributed by atoms with Gasteiger partial charge in [0.1, 0.15) is 6.04 Å². The number of rotatable bonds is 11. The Hall–Kier alpha value is -2.58. The van der Waals surface area contributed by atoms with Gasteiger partial charge < -0.3 is 19.8 Å². The summed E-state index contributed by atoms with van der Waals surface area (Å²) in [5, 5.41) is 10.3. The van der Waals surface area contributed by atoms with E-state index in [1.54, 1.807) is 38.6 Å². The molecule has 7 nitrogen and oxygen atoms in total. The largest absolute Gasteiger partial charge is 0.394 e. The van der Waals surface area contributed by atoms with Crippen molar-refractivity contribution in [2.45, 2.75) is 74.6 Å². The Balaban J connectivity index is 1.83. The third-order valence-electron chi connectivity index (χ3n) is 8.67. The monoisotopic (exact) mass is 539 g/mol. The number of amides is 3. The molecule has 3 heterocycles. The van der Waals surface area contributed by atoms with Crippen molar-refractivity contribution in [2.24, 2.45) is 11.8 Å². The van der Waals surface area contributed by atoms with Crippen molar-refractivity contribution in [1.29, 1.82) is 0 Å². The van der Waals surface area contributed by atoms with Gasteiger partial charge in [-0.2, -0.15) is 0 Å². The molecule has 0 radical (unpaired) electrons. The predicted molar refractivity (Wildman–Crippen MR) is 153 cm³/mol. The first-order chi connectivity index (χ1) is 18.1. The fourth-order valence-electron chi connectivity index (χ4n) is 6.91. The molecule has 206 valence electrons. The van der Waals surface area contributed by atoms with Gasteiger partial charge in [-0.15, -0.1) is 24.9 Å². The number of carbonyl (C=O) groups excluding carboxylic acids is 3. The summed E-state index contributed by atoms with van der Waals surface area (Å²) >= 11 is 1.66. The van der Waals surface area contributed by atoms with Crippen molar-refractivity contribution < 1.29 is 19.5 Å². The number of likely N-dealkylation sites (tertiary alicyclic amines) is 1. The van der Waals surface area contributed by atoms with E-state index in [9.17, 15) is 19.5 Å². The number of hydrogen-bond acceptors (Lipinski definition) is 5. The summed E-state index contributed by atoms with van der Waals surface area (Å²) in [5.74, 6) is -1.65. The Kier molecular flexibility index (Phi) is 8.15. The molecular formula is C30H41N3O4S. The minimum atomic E-state index is -0.742. The number of aliphatic hydroxyl groups is 1. The van der Waals surface area contributed by atoms with Crippen LogP contribution in [0.15, 0.2) is 55.6 Å².